The number of aliphatic hydroxyl groups is 10. The number of carbonyl (C=O) groups is 1. The average molecular weight is 633 g/mol. The number of rotatable bonds is 14. The highest BCUT2D eigenvalue weighted by atomic mass is 16.8. The van der Waals surface area contributed by atoms with Crippen molar-refractivity contribution in [3.63, 3.8) is 0 Å². The minimum atomic E-state index is -1.90. The van der Waals surface area contributed by atoms with E-state index in [-0.39, 0.29) is 19.0 Å². The van der Waals surface area contributed by atoms with E-state index in [0.29, 0.717) is 19.3 Å². The van der Waals surface area contributed by atoms with Crippen molar-refractivity contribution in [2.24, 2.45) is 0 Å². The van der Waals surface area contributed by atoms with Gasteiger partial charge in [0.05, 0.1) is 26.9 Å². The zero-order valence-electron chi connectivity index (χ0n) is 23.6. The SMILES string of the molecule is COC(=O)CCCCCO[C@H]1OC(CO)[C@@H](O)[C@H](O)C1O[C@H]1OC(CO)[C@@H](O)[C@H](O)C1O[C@@H]1OC(CO)[C@@H](O)[C@H](O)C1O. The quantitative estimate of drug-likeness (QED) is 0.0630. The molecule has 15 atom stereocenters. The zero-order valence-corrected chi connectivity index (χ0v) is 23.6. The lowest BCUT2D eigenvalue weighted by Gasteiger charge is -2.48. The molecule has 18 heteroatoms. The van der Waals surface area contributed by atoms with Gasteiger partial charge in [-0.25, -0.2) is 0 Å². The second kappa shape index (κ2) is 16.9. The highest BCUT2D eigenvalue weighted by Gasteiger charge is 2.54. The van der Waals surface area contributed by atoms with E-state index in [0.717, 1.165) is 0 Å². The standard InChI is InChI=1S/C25H44O18/c1-37-13(29)5-3-2-4-6-38-24-21(18(34)15(31)11(8-27)40-24)43-25-22(19(35)16(32)12(9-28)41-25)42-23-20(36)17(33)14(30)10(7-26)39-23/h10-12,14-28,30-36H,2-9H2,1H3/t10?,11?,12?,14-,15-,16-,17+,18+,19+,20?,21?,22?,23+,24+,25-/m1/s1. The summed E-state index contributed by atoms with van der Waals surface area (Å²) in [4.78, 5) is 11.3. The van der Waals surface area contributed by atoms with Crippen molar-refractivity contribution in [3.8, 4) is 0 Å². The lowest BCUT2D eigenvalue weighted by Crippen LogP contribution is -2.67. The molecular weight excluding hydrogens is 588 g/mol. The molecule has 0 amide bonds. The number of aliphatic hydroxyl groups excluding tert-OH is 10. The van der Waals surface area contributed by atoms with E-state index in [1.54, 1.807) is 0 Å². The third-order valence-corrected chi connectivity index (χ3v) is 7.62. The van der Waals surface area contributed by atoms with Gasteiger partial charge in [-0.1, -0.05) is 6.42 Å². The van der Waals surface area contributed by atoms with Crippen molar-refractivity contribution in [1.82, 2.24) is 0 Å². The largest absolute Gasteiger partial charge is 0.469 e. The van der Waals surface area contributed by atoms with Crippen LogP contribution in [0.15, 0.2) is 0 Å². The fraction of sp³-hybridized carbons (Fsp3) is 0.960. The van der Waals surface area contributed by atoms with Gasteiger partial charge >= 0.3 is 5.97 Å². The summed E-state index contributed by atoms with van der Waals surface area (Å²) >= 11 is 0. The summed E-state index contributed by atoms with van der Waals surface area (Å²) in [6.45, 7) is -2.23. The Balaban J connectivity index is 1.77. The zero-order chi connectivity index (χ0) is 31.8. The van der Waals surface area contributed by atoms with Crippen LogP contribution >= 0.6 is 0 Å². The van der Waals surface area contributed by atoms with Gasteiger partial charge in [-0.05, 0) is 12.8 Å². The maximum atomic E-state index is 11.3. The van der Waals surface area contributed by atoms with Crippen LogP contribution in [0.25, 0.3) is 0 Å². The number of esters is 1. The normalized spacial score (nSPS) is 43.8. The van der Waals surface area contributed by atoms with E-state index >= 15 is 0 Å². The van der Waals surface area contributed by atoms with Crippen LogP contribution in [0.3, 0.4) is 0 Å². The van der Waals surface area contributed by atoms with Crippen LogP contribution in [0, 0.1) is 0 Å². The van der Waals surface area contributed by atoms with Gasteiger partial charge in [0, 0.05) is 13.0 Å². The van der Waals surface area contributed by atoms with E-state index in [1.807, 2.05) is 0 Å². The Morgan fingerprint density at radius 1 is 0.581 bits per heavy atom. The molecule has 0 radical (unpaired) electrons. The van der Waals surface area contributed by atoms with Crippen LogP contribution < -0.4 is 0 Å². The van der Waals surface area contributed by atoms with Gasteiger partial charge in [0.25, 0.3) is 0 Å². The monoisotopic (exact) mass is 632 g/mol. The number of unbranched alkanes of at least 4 members (excludes halogenated alkanes) is 2. The Bertz CT molecular complexity index is 834. The Morgan fingerprint density at radius 2 is 1.05 bits per heavy atom. The number of carbonyl (C=O) groups excluding carboxylic acids is 1. The van der Waals surface area contributed by atoms with E-state index in [1.165, 1.54) is 7.11 Å². The van der Waals surface area contributed by atoms with Crippen molar-refractivity contribution in [3.05, 3.63) is 0 Å². The third kappa shape index (κ3) is 8.76. The first-order valence-corrected chi connectivity index (χ1v) is 14.0. The molecule has 3 saturated heterocycles. The molecule has 0 spiro atoms. The predicted molar refractivity (Wildman–Crippen MR) is 135 cm³/mol. The summed E-state index contributed by atoms with van der Waals surface area (Å²) in [6.07, 6.45) is -23.2. The molecule has 0 bridgehead atoms. The Hall–Kier alpha value is -1.17. The minimum Gasteiger partial charge on any atom is -0.469 e. The molecule has 0 saturated carbocycles. The lowest BCUT2D eigenvalue weighted by atomic mass is 9.96. The second-order valence-corrected chi connectivity index (χ2v) is 10.6. The number of hydrogen-bond acceptors (Lipinski definition) is 18. The second-order valence-electron chi connectivity index (χ2n) is 10.6. The molecule has 3 fully saturated rings. The van der Waals surface area contributed by atoms with Gasteiger partial charge in [-0.15, -0.1) is 0 Å². The Kier molecular flexibility index (Phi) is 14.3. The minimum absolute atomic E-state index is 0.0313. The van der Waals surface area contributed by atoms with Gasteiger partial charge in [0.15, 0.2) is 18.9 Å². The first-order valence-electron chi connectivity index (χ1n) is 14.0. The molecule has 0 aromatic heterocycles. The highest BCUT2D eigenvalue weighted by molar-refractivity contribution is 5.68. The van der Waals surface area contributed by atoms with Crippen molar-refractivity contribution < 1.29 is 89.0 Å². The molecular formula is C25H44O18. The van der Waals surface area contributed by atoms with Crippen molar-refractivity contribution in [2.75, 3.05) is 33.5 Å². The maximum Gasteiger partial charge on any atom is 0.305 e. The number of hydrogen-bond donors (Lipinski definition) is 10. The van der Waals surface area contributed by atoms with E-state index < -0.39 is 112 Å². The van der Waals surface area contributed by atoms with Gasteiger partial charge in [-0.2, -0.15) is 0 Å². The molecule has 3 rings (SSSR count). The van der Waals surface area contributed by atoms with Crippen molar-refractivity contribution in [1.29, 1.82) is 0 Å². The summed E-state index contributed by atoms with van der Waals surface area (Å²) in [5.74, 6) is -0.366. The summed E-state index contributed by atoms with van der Waals surface area (Å²) in [7, 11) is 1.28. The number of methoxy groups -OCH3 is 1. The molecule has 18 nitrogen and oxygen atoms in total. The van der Waals surface area contributed by atoms with Crippen LogP contribution in [0.1, 0.15) is 25.7 Å². The fourth-order valence-electron chi connectivity index (χ4n) is 4.99. The van der Waals surface area contributed by atoms with Gasteiger partial charge in [-0.3, -0.25) is 4.79 Å². The van der Waals surface area contributed by atoms with Crippen LogP contribution in [0.2, 0.25) is 0 Å². The molecule has 6 unspecified atom stereocenters. The Labute approximate surface area is 246 Å². The first kappa shape index (κ1) is 36.3. The summed E-state index contributed by atoms with van der Waals surface area (Å²) in [5.41, 5.74) is 0. The summed E-state index contributed by atoms with van der Waals surface area (Å²) in [5, 5.41) is 102. The van der Waals surface area contributed by atoms with Gasteiger partial charge in [0.1, 0.15) is 73.2 Å². The molecule has 0 aromatic rings. The van der Waals surface area contributed by atoms with E-state index in [2.05, 4.69) is 4.74 Å². The molecule has 43 heavy (non-hydrogen) atoms. The van der Waals surface area contributed by atoms with Crippen molar-refractivity contribution in [2.45, 2.75) is 118 Å². The van der Waals surface area contributed by atoms with Gasteiger partial charge < -0.3 is 84.2 Å². The third-order valence-electron chi connectivity index (χ3n) is 7.62. The molecule has 3 aliphatic rings. The fourth-order valence-corrected chi connectivity index (χ4v) is 4.99. The van der Waals surface area contributed by atoms with Crippen molar-refractivity contribution >= 4 is 5.97 Å². The molecule has 0 aliphatic carbocycles. The summed E-state index contributed by atoms with van der Waals surface area (Å²) in [6, 6.07) is 0. The average Bonchev–Trinajstić information content (AvgIpc) is 3.00. The van der Waals surface area contributed by atoms with E-state index in [4.69, 9.17) is 28.4 Å². The lowest BCUT2D eigenvalue weighted by molar-refractivity contribution is -0.393. The maximum absolute atomic E-state index is 11.3. The number of ether oxygens (including phenoxy) is 7. The smallest absolute Gasteiger partial charge is 0.305 e. The van der Waals surface area contributed by atoms with E-state index in [9.17, 15) is 55.9 Å². The molecule has 252 valence electrons. The van der Waals surface area contributed by atoms with Crippen LogP contribution in [-0.2, 0) is 38.0 Å². The molecule has 3 aliphatic heterocycles. The molecule has 3 heterocycles. The van der Waals surface area contributed by atoms with Gasteiger partial charge in [0.2, 0.25) is 0 Å². The molecule has 0 aromatic carbocycles. The Morgan fingerprint density at radius 3 is 1.58 bits per heavy atom. The summed E-state index contributed by atoms with van der Waals surface area (Å²) < 4.78 is 38.3. The molecule has 10 N–H and O–H groups in total. The highest BCUT2D eigenvalue weighted by Crippen LogP contribution is 2.33. The van der Waals surface area contributed by atoms with Crippen LogP contribution in [0.4, 0.5) is 0 Å². The van der Waals surface area contributed by atoms with Crippen LogP contribution in [0.5, 0.6) is 0 Å². The predicted octanol–water partition coefficient (Wildman–Crippen LogP) is -5.82. The topological polar surface area (TPSA) is 284 Å². The van der Waals surface area contributed by atoms with Crippen LogP contribution in [-0.4, -0.2) is 183 Å². The first-order chi connectivity index (χ1) is 20.5.